The summed E-state index contributed by atoms with van der Waals surface area (Å²) in [6.07, 6.45) is 0. The van der Waals surface area contributed by atoms with Crippen molar-refractivity contribution in [1.82, 2.24) is 0 Å². The highest BCUT2D eigenvalue weighted by atomic mass is 16.3. The quantitative estimate of drug-likeness (QED) is 0.663. The molecule has 2 aromatic carbocycles. The van der Waals surface area contributed by atoms with Crippen LogP contribution in [-0.2, 0) is 0 Å². The molecule has 3 nitrogen and oxygen atoms in total. The largest absolute Gasteiger partial charge is 0.508 e. The van der Waals surface area contributed by atoms with E-state index < -0.39 is 0 Å². The third kappa shape index (κ3) is 1.86. The third-order valence-corrected chi connectivity index (χ3v) is 2.08. The van der Waals surface area contributed by atoms with Crippen LogP contribution in [0.3, 0.4) is 0 Å². The lowest BCUT2D eigenvalue weighted by molar-refractivity contribution is 0.452. The molecule has 0 aliphatic heterocycles. The maximum absolute atomic E-state index is 9.58. The molecule has 0 saturated heterocycles. The average molecular weight is 201 g/mol. The van der Waals surface area contributed by atoms with Gasteiger partial charge in [0.2, 0.25) is 0 Å². The van der Waals surface area contributed by atoms with Crippen LogP contribution >= 0.6 is 0 Å². The van der Waals surface area contributed by atoms with Gasteiger partial charge in [0.1, 0.15) is 17.2 Å². The number of phenolic OH excluding ortho intramolecular Hbond substituents is 3. The van der Waals surface area contributed by atoms with Crippen LogP contribution in [0.1, 0.15) is 0 Å². The molecule has 3 heteroatoms. The highest BCUT2D eigenvalue weighted by Crippen LogP contribution is 2.32. The molecule has 0 atom stereocenters. The summed E-state index contributed by atoms with van der Waals surface area (Å²) in [5.74, 6) is -0.0106. The zero-order chi connectivity index (χ0) is 10.8. The van der Waals surface area contributed by atoms with E-state index in [9.17, 15) is 10.2 Å². The first-order valence-electron chi connectivity index (χ1n) is 4.40. The molecule has 3 N–H and O–H groups in total. The van der Waals surface area contributed by atoms with Gasteiger partial charge in [-0.3, -0.25) is 0 Å². The van der Waals surface area contributed by atoms with Crippen LogP contribution in [0.2, 0.25) is 0 Å². The predicted octanol–water partition coefficient (Wildman–Crippen LogP) is 2.27. The van der Waals surface area contributed by atoms with Gasteiger partial charge in [-0.1, -0.05) is 6.07 Å². The molecule has 0 unspecified atom stereocenters. The molecule has 0 bridgehead atoms. The maximum Gasteiger partial charge on any atom is 0.127 e. The van der Waals surface area contributed by atoms with Gasteiger partial charge in [-0.2, -0.15) is 0 Å². The van der Waals surface area contributed by atoms with Crippen molar-refractivity contribution in [2.75, 3.05) is 0 Å². The molecule has 2 rings (SSSR count). The summed E-state index contributed by atoms with van der Waals surface area (Å²) in [5, 5.41) is 27.9. The summed E-state index contributed by atoms with van der Waals surface area (Å²) >= 11 is 0. The lowest BCUT2D eigenvalue weighted by Crippen LogP contribution is -1.78. The molecule has 0 amide bonds. The van der Waals surface area contributed by atoms with Crippen LogP contribution in [0.5, 0.6) is 17.2 Å². The van der Waals surface area contributed by atoms with Gasteiger partial charge in [0.25, 0.3) is 0 Å². The summed E-state index contributed by atoms with van der Waals surface area (Å²) in [6.45, 7) is 0. The molecule has 0 aliphatic rings. The van der Waals surface area contributed by atoms with Crippen molar-refractivity contribution >= 4 is 0 Å². The summed E-state index contributed by atoms with van der Waals surface area (Å²) in [5.41, 5.74) is 1.22. The number of rotatable bonds is 1. The van der Waals surface area contributed by atoms with Crippen LogP contribution in [0, 0.1) is 6.07 Å². The Morgan fingerprint density at radius 3 is 2.40 bits per heavy atom. The van der Waals surface area contributed by atoms with Crippen molar-refractivity contribution in [2.24, 2.45) is 0 Å². The Bertz CT molecular complexity index is 492. The van der Waals surface area contributed by atoms with Crippen LogP contribution in [0.25, 0.3) is 11.1 Å². The molecule has 0 spiro atoms. The van der Waals surface area contributed by atoms with Crippen LogP contribution < -0.4 is 0 Å². The lowest BCUT2D eigenvalue weighted by atomic mass is 10.0. The molecule has 15 heavy (non-hydrogen) atoms. The highest BCUT2D eigenvalue weighted by Gasteiger charge is 2.05. The topological polar surface area (TPSA) is 60.7 Å². The van der Waals surface area contributed by atoms with Crippen LogP contribution in [0.4, 0.5) is 0 Å². The second kappa shape index (κ2) is 3.53. The summed E-state index contributed by atoms with van der Waals surface area (Å²) in [7, 11) is 0. The number of aromatic hydroxyl groups is 3. The minimum absolute atomic E-state index is 0.00275. The van der Waals surface area contributed by atoms with E-state index in [2.05, 4.69) is 6.07 Å². The highest BCUT2D eigenvalue weighted by molar-refractivity contribution is 5.71. The molecule has 0 fully saturated rings. The monoisotopic (exact) mass is 201 g/mol. The fraction of sp³-hybridized carbons (Fsp3) is 0. The first-order chi connectivity index (χ1) is 7.16. The van der Waals surface area contributed by atoms with Crippen molar-refractivity contribution in [3.05, 3.63) is 42.5 Å². The molecular weight excluding hydrogens is 192 g/mol. The van der Waals surface area contributed by atoms with Gasteiger partial charge >= 0.3 is 0 Å². The van der Waals surface area contributed by atoms with E-state index in [1.54, 1.807) is 18.2 Å². The van der Waals surface area contributed by atoms with E-state index in [1.807, 2.05) is 0 Å². The van der Waals surface area contributed by atoms with Crippen LogP contribution in [0.15, 0.2) is 36.4 Å². The zero-order valence-electron chi connectivity index (χ0n) is 7.81. The Balaban J connectivity index is 2.54. The normalized spacial score (nSPS) is 10.1. The van der Waals surface area contributed by atoms with Crippen molar-refractivity contribution in [3.8, 4) is 28.4 Å². The zero-order valence-corrected chi connectivity index (χ0v) is 7.81. The maximum atomic E-state index is 9.58. The lowest BCUT2D eigenvalue weighted by Gasteiger charge is -2.05. The SMILES string of the molecule is Oc1[c]ccc(-c2ccc(O)cc2O)c1. The van der Waals surface area contributed by atoms with E-state index >= 15 is 0 Å². The molecule has 0 aromatic heterocycles. The van der Waals surface area contributed by atoms with Gasteiger partial charge in [0.15, 0.2) is 0 Å². The van der Waals surface area contributed by atoms with E-state index in [-0.39, 0.29) is 17.2 Å². The molecule has 0 aliphatic carbocycles. The van der Waals surface area contributed by atoms with Crippen LogP contribution in [-0.4, -0.2) is 15.3 Å². The molecule has 2 aromatic rings. The second-order valence-electron chi connectivity index (χ2n) is 3.16. The fourth-order valence-electron chi connectivity index (χ4n) is 1.39. The van der Waals surface area contributed by atoms with Gasteiger partial charge in [-0.15, -0.1) is 0 Å². The summed E-state index contributed by atoms with van der Waals surface area (Å²) in [6, 6.07) is 11.7. The first-order valence-corrected chi connectivity index (χ1v) is 4.40. The van der Waals surface area contributed by atoms with Gasteiger partial charge in [-0.25, -0.2) is 0 Å². The fourth-order valence-corrected chi connectivity index (χ4v) is 1.39. The second-order valence-corrected chi connectivity index (χ2v) is 3.16. The minimum Gasteiger partial charge on any atom is -0.508 e. The predicted molar refractivity (Wildman–Crippen MR) is 55.7 cm³/mol. The standard InChI is InChI=1S/C12H9O3/c13-9-3-1-2-8(6-9)11-5-4-10(14)7-12(11)15/h1-2,4-7,13-15H. The van der Waals surface area contributed by atoms with E-state index in [4.69, 9.17) is 5.11 Å². The Labute approximate surface area is 86.9 Å². The van der Waals surface area contributed by atoms with E-state index in [0.29, 0.717) is 11.1 Å². The smallest absolute Gasteiger partial charge is 0.127 e. The number of hydrogen-bond donors (Lipinski definition) is 3. The van der Waals surface area contributed by atoms with Gasteiger partial charge < -0.3 is 15.3 Å². The Hall–Kier alpha value is -2.16. The average Bonchev–Trinajstić information content (AvgIpc) is 2.17. The van der Waals surface area contributed by atoms with Crippen molar-refractivity contribution in [2.45, 2.75) is 0 Å². The van der Waals surface area contributed by atoms with Crippen molar-refractivity contribution in [3.63, 3.8) is 0 Å². The van der Waals surface area contributed by atoms with Gasteiger partial charge in [-0.05, 0) is 29.8 Å². The molecule has 1 radical (unpaired) electrons. The van der Waals surface area contributed by atoms with E-state index in [0.717, 1.165) is 0 Å². The van der Waals surface area contributed by atoms with Gasteiger partial charge in [0.05, 0.1) is 0 Å². The Kier molecular flexibility index (Phi) is 2.21. The number of phenols is 3. The molecule has 75 valence electrons. The minimum atomic E-state index is -0.0272. The Morgan fingerprint density at radius 2 is 1.73 bits per heavy atom. The number of hydrogen-bond acceptors (Lipinski definition) is 3. The van der Waals surface area contributed by atoms with Crippen molar-refractivity contribution in [1.29, 1.82) is 0 Å². The summed E-state index contributed by atoms with van der Waals surface area (Å²) in [4.78, 5) is 0. The van der Waals surface area contributed by atoms with Crippen molar-refractivity contribution < 1.29 is 15.3 Å². The Morgan fingerprint density at radius 1 is 0.933 bits per heavy atom. The third-order valence-electron chi connectivity index (χ3n) is 2.08. The molecule has 0 saturated carbocycles. The van der Waals surface area contributed by atoms with Gasteiger partial charge in [0, 0.05) is 17.7 Å². The first kappa shape index (κ1) is 9.40. The van der Waals surface area contributed by atoms with E-state index in [1.165, 1.54) is 18.2 Å². The number of benzene rings is 2. The molecule has 0 heterocycles. The molecular formula is C12H9O3. The summed E-state index contributed by atoms with van der Waals surface area (Å²) < 4.78 is 0.